The minimum absolute atomic E-state index is 0.237. The van der Waals surface area contributed by atoms with Crippen LogP contribution in [0.3, 0.4) is 0 Å². The Balaban J connectivity index is 2.52. The molecule has 0 saturated carbocycles. The average Bonchev–Trinajstić information content (AvgIpc) is 3.07. The molecular formula is C21H24F3N3O. The highest BCUT2D eigenvalue weighted by atomic mass is 19.4. The highest BCUT2D eigenvalue weighted by molar-refractivity contribution is 5.79. The van der Waals surface area contributed by atoms with Crippen LogP contribution in [0.15, 0.2) is 42.3 Å². The molecule has 0 unspecified atom stereocenters. The summed E-state index contributed by atoms with van der Waals surface area (Å²) < 4.78 is 39.3. The Morgan fingerprint density at radius 1 is 1.32 bits per heavy atom. The van der Waals surface area contributed by atoms with E-state index in [1.165, 1.54) is 0 Å². The maximum atomic E-state index is 12.5. The third-order valence-electron chi connectivity index (χ3n) is 4.49. The Bertz CT molecular complexity index is 936. The second-order valence-electron chi connectivity index (χ2n) is 6.53. The van der Waals surface area contributed by atoms with Crippen LogP contribution in [0.5, 0.6) is 0 Å². The van der Waals surface area contributed by atoms with Crippen LogP contribution in [0.1, 0.15) is 44.9 Å². The first-order valence-electron chi connectivity index (χ1n) is 8.98. The standard InChI is InChI=1S/C21H24F3N3O/c1-5-16-10-18(25-8-7-21(22,23)24)20-26-11-19(27(20)12-16)17(6-2)9-14(3)15(4)13-28/h5,9-13,25H,1,6-8H2,2-4H3. The van der Waals surface area contributed by atoms with E-state index in [-0.39, 0.29) is 6.54 Å². The minimum atomic E-state index is -4.22. The van der Waals surface area contributed by atoms with Gasteiger partial charge in [-0.05, 0) is 48.6 Å². The molecule has 0 saturated heterocycles. The van der Waals surface area contributed by atoms with Gasteiger partial charge < -0.3 is 5.32 Å². The lowest BCUT2D eigenvalue weighted by Crippen LogP contribution is -2.15. The van der Waals surface area contributed by atoms with Gasteiger partial charge in [-0.25, -0.2) is 4.98 Å². The molecular weight excluding hydrogens is 367 g/mol. The number of carbonyl (C=O) groups excluding carboxylic acids is 1. The van der Waals surface area contributed by atoms with Crippen LogP contribution in [-0.4, -0.2) is 28.4 Å². The summed E-state index contributed by atoms with van der Waals surface area (Å²) in [5.41, 5.74) is 5.08. The Hall–Kier alpha value is -2.83. The number of halogens is 3. The van der Waals surface area contributed by atoms with E-state index in [0.29, 0.717) is 23.3 Å². The van der Waals surface area contributed by atoms with Gasteiger partial charge in [0.15, 0.2) is 5.65 Å². The predicted molar refractivity (Wildman–Crippen MR) is 107 cm³/mol. The number of aldehydes is 1. The highest BCUT2D eigenvalue weighted by Crippen LogP contribution is 2.27. The lowest BCUT2D eigenvalue weighted by atomic mass is 10.0. The Labute approximate surface area is 162 Å². The van der Waals surface area contributed by atoms with Crippen LogP contribution >= 0.6 is 0 Å². The molecule has 0 atom stereocenters. The van der Waals surface area contributed by atoms with Crippen LogP contribution in [-0.2, 0) is 4.79 Å². The summed E-state index contributed by atoms with van der Waals surface area (Å²) in [5, 5.41) is 2.83. The SMILES string of the molecule is C=Cc1cc(NCCC(F)(F)F)c2ncc(C(=CC(C)=C(C)C=O)CC)n2c1. The van der Waals surface area contributed by atoms with Crippen molar-refractivity contribution in [3.63, 3.8) is 0 Å². The number of alkyl halides is 3. The van der Waals surface area contributed by atoms with Crippen LogP contribution in [0, 0.1) is 0 Å². The van der Waals surface area contributed by atoms with E-state index in [1.807, 2.05) is 30.5 Å². The van der Waals surface area contributed by atoms with Crippen molar-refractivity contribution >= 4 is 29.3 Å². The van der Waals surface area contributed by atoms with Gasteiger partial charge in [-0.3, -0.25) is 9.20 Å². The van der Waals surface area contributed by atoms with Gasteiger partial charge in [0.25, 0.3) is 0 Å². The van der Waals surface area contributed by atoms with E-state index in [0.717, 1.165) is 28.7 Å². The molecule has 28 heavy (non-hydrogen) atoms. The maximum Gasteiger partial charge on any atom is 0.390 e. The van der Waals surface area contributed by atoms with Gasteiger partial charge >= 0.3 is 6.18 Å². The second-order valence-corrected chi connectivity index (χ2v) is 6.53. The van der Waals surface area contributed by atoms with Crippen molar-refractivity contribution in [3.8, 4) is 0 Å². The summed E-state index contributed by atoms with van der Waals surface area (Å²) >= 11 is 0. The minimum Gasteiger partial charge on any atom is -0.382 e. The van der Waals surface area contributed by atoms with Gasteiger partial charge in [-0.1, -0.05) is 25.7 Å². The number of rotatable bonds is 8. The fourth-order valence-corrected chi connectivity index (χ4v) is 2.75. The molecule has 0 fully saturated rings. The lowest BCUT2D eigenvalue weighted by Gasteiger charge is -2.12. The predicted octanol–water partition coefficient (Wildman–Crippen LogP) is 5.67. The topological polar surface area (TPSA) is 46.4 Å². The molecule has 2 aromatic heterocycles. The van der Waals surface area contributed by atoms with Crippen molar-refractivity contribution < 1.29 is 18.0 Å². The Kier molecular flexibility index (Phi) is 6.83. The monoisotopic (exact) mass is 391 g/mol. The van der Waals surface area contributed by atoms with Crippen molar-refractivity contribution in [2.45, 2.75) is 39.8 Å². The van der Waals surface area contributed by atoms with Crippen molar-refractivity contribution in [1.82, 2.24) is 9.38 Å². The van der Waals surface area contributed by atoms with Crippen molar-refractivity contribution in [2.75, 3.05) is 11.9 Å². The van der Waals surface area contributed by atoms with Gasteiger partial charge in [-0.15, -0.1) is 0 Å². The molecule has 0 aromatic carbocycles. The average molecular weight is 391 g/mol. The summed E-state index contributed by atoms with van der Waals surface area (Å²) in [5.74, 6) is 0. The lowest BCUT2D eigenvalue weighted by molar-refractivity contribution is -0.131. The number of imidazole rings is 1. The summed E-state index contributed by atoms with van der Waals surface area (Å²) in [6, 6.07) is 1.73. The Morgan fingerprint density at radius 3 is 2.61 bits per heavy atom. The number of hydrogen-bond donors (Lipinski definition) is 1. The Morgan fingerprint density at radius 2 is 2.04 bits per heavy atom. The molecule has 0 aliphatic rings. The molecule has 1 N–H and O–H groups in total. The molecule has 7 heteroatoms. The first kappa shape index (κ1) is 21.5. The first-order valence-corrected chi connectivity index (χ1v) is 8.98. The molecule has 0 spiro atoms. The normalized spacial score (nSPS) is 13.4. The highest BCUT2D eigenvalue weighted by Gasteiger charge is 2.26. The molecule has 0 amide bonds. The number of nitrogens with one attached hydrogen (secondary N) is 1. The molecule has 2 rings (SSSR count). The summed E-state index contributed by atoms with van der Waals surface area (Å²) in [7, 11) is 0. The molecule has 0 bridgehead atoms. The molecule has 4 nitrogen and oxygen atoms in total. The van der Waals surface area contributed by atoms with E-state index < -0.39 is 12.6 Å². The maximum absolute atomic E-state index is 12.5. The van der Waals surface area contributed by atoms with E-state index in [9.17, 15) is 18.0 Å². The van der Waals surface area contributed by atoms with E-state index in [2.05, 4.69) is 16.9 Å². The number of anilines is 1. The number of pyridine rings is 1. The number of allylic oxidation sites excluding steroid dienone is 4. The van der Waals surface area contributed by atoms with Crippen molar-refractivity contribution in [3.05, 3.63) is 53.5 Å². The summed E-state index contributed by atoms with van der Waals surface area (Å²) in [4.78, 5) is 15.4. The molecule has 2 aromatic rings. The van der Waals surface area contributed by atoms with Crippen LogP contribution in [0.2, 0.25) is 0 Å². The first-order chi connectivity index (χ1) is 13.2. The zero-order valence-electron chi connectivity index (χ0n) is 16.2. The van der Waals surface area contributed by atoms with E-state index in [4.69, 9.17) is 0 Å². The number of aromatic nitrogens is 2. The van der Waals surface area contributed by atoms with Gasteiger partial charge in [0.2, 0.25) is 0 Å². The van der Waals surface area contributed by atoms with Crippen LogP contribution in [0.4, 0.5) is 18.9 Å². The number of carbonyl (C=O) groups is 1. The molecule has 2 heterocycles. The molecule has 0 aliphatic heterocycles. The molecule has 0 radical (unpaired) electrons. The van der Waals surface area contributed by atoms with Gasteiger partial charge in [0.1, 0.15) is 6.29 Å². The van der Waals surface area contributed by atoms with Gasteiger partial charge in [0, 0.05) is 12.7 Å². The zero-order chi connectivity index (χ0) is 20.9. The third-order valence-corrected chi connectivity index (χ3v) is 4.49. The van der Waals surface area contributed by atoms with Gasteiger partial charge in [0.05, 0.1) is 24.0 Å². The fourth-order valence-electron chi connectivity index (χ4n) is 2.75. The molecule has 0 aliphatic carbocycles. The van der Waals surface area contributed by atoms with Crippen molar-refractivity contribution in [2.24, 2.45) is 0 Å². The smallest absolute Gasteiger partial charge is 0.382 e. The van der Waals surface area contributed by atoms with E-state index in [1.54, 1.807) is 25.3 Å². The number of fused-ring (bicyclic) bond motifs is 1. The summed E-state index contributed by atoms with van der Waals surface area (Å²) in [6.45, 7) is 9.13. The second kappa shape index (κ2) is 8.91. The summed E-state index contributed by atoms with van der Waals surface area (Å²) in [6.07, 6.45) is 3.46. The van der Waals surface area contributed by atoms with Gasteiger partial charge in [-0.2, -0.15) is 13.2 Å². The number of nitrogens with zero attached hydrogens (tertiary/aromatic N) is 2. The fraction of sp³-hybridized carbons (Fsp3) is 0.333. The third kappa shape index (κ3) is 5.12. The van der Waals surface area contributed by atoms with Crippen molar-refractivity contribution in [1.29, 1.82) is 0 Å². The quantitative estimate of drug-likeness (QED) is 0.358. The molecule has 150 valence electrons. The zero-order valence-corrected chi connectivity index (χ0v) is 16.2. The van der Waals surface area contributed by atoms with Crippen LogP contribution in [0.25, 0.3) is 17.3 Å². The number of hydrogen-bond acceptors (Lipinski definition) is 3. The largest absolute Gasteiger partial charge is 0.390 e. The van der Waals surface area contributed by atoms with E-state index >= 15 is 0 Å². The van der Waals surface area contributed by atoms with Crippen LogP contribution < -0.4 is 5.32 Å².